The zero-order valence-electron chi connectivity index (χ0n) is 22.8. The number of aromatic nitrogens is 3. The Morgan fingerprint density at radius 1 is 1.00 bits per heavy atom. The van der Waals surface area contributed by atoms with Crippen LogP contribution in [0.15, 0.2) is 47.1 Å². The Balaban J connectivity index is 1.73. The number of hydrogen-bond acceptors (Lipinski definition) is 5. The van der Waals surface area contributed by atoms with Gasteiger partial charge in [-0.1, -0.05) is 17.3 Å². The molecule has 0 spiro atoms. The second-order valence-corrected chi connectivity index (χ2v) is 11.1. The van der Waals surface area contributed by atoms with Crippen LogP contribution in [0, 0.1) is 37.2 Å². The van der Waals surface area contributed by atoms with Crippen molar-refractivity contribution in [2.75, 3.05) is 13.2 Å². The van der Waals surface area contributed by atoms with Gasteiger partial charge in [0.15, 0.2) is 0 Å². The number of hydrogen-bond donors (Lipinski definition) is 1. The molecule has 5 aromatic rings. The van der Waals surface area contributed by atoms with Gasteiger partial charge in [0, 0.05) is 53.6 Å². The van der Waals surface area contributed by atoms with Crippen molar-refractivity contribution in [2.45, 2.75) is 52.2 Å². The molecular weight excluding hydrogens is 519 g/mol. The minimum atomic E-state index is -1.16. The van der Waals surface area contributed by atoms with Crippen LogP contribution in [0.5, 0.6) is 0 Å². The number of aryl methyl sites for hydroxylation is 2. The summed E-state index contributed by atoms with van der Waals surface area (Å²) in [5, 5.41) is 15.7. The summed E-state index contributed by atoms with van der Waals surface area (Å²) in [7, 11) is 0. The van der Waals surface area contributed by atoms with E-state index >= 15 is 8.78 Å². The van der Waals surface area contributed by atoms with Gasteiger partial charge in [-0.2, -0.15) is 0 Å². The van der Waals surface area contributed by atoms with Crippen molar-refractivity contribution in [1.82, 2.24) is 14.7 Å². The average molecular weight is 550 g/mol. The van der Waals surface area contributed by atoms with Crippen LogP contribution < -0.4 is 0 Å². The maximum Gasteiger partial charge on any atom is 0.141 e. The summed E-state index contributed by atoms with van der Waals surface area (Å²) in [4.78, 5) is 4.82. The van der Waals surface area contributed by atoms with E-state index in [4.69, 9.17) is 14.2 Å². The van der Waals surface area contributed by atoms with E-state index in [1.807, 2.05) is 42.7 Å². The summed E-state index contributed by atoms with van der Waals surface area (Å²) in [6, 6.07) is 8.12. The largest absolute Gasteiger partial charge is 0.386 e. The third-order valence-corrected chi connectivity index (χ3v) is 8.00. The van der Waals surface area contributed by atoms with Crippen molar-refractivity contribution >= 4 is 21.9 Å². The van der Waals surface area contributed by atoms with E-state index in [0.29, 0.717) is 59.6 Å². The number of ether oxygens (including phenoxy) is 1. The van der Waals surface area contributed by atoms with Crippen LogP contribution >= 0.6 is 0 Å². The maximum atomic E-state index is 15.6. The maximum absolute atomic E-state index is 15.6. The van der Waals surface area contributed by atoms with Gasteiger partial charge in [-0.25, -0.2) is 13.2 Å². The quantitative estimate of drug-likeness (QED) is 0.253. The molecule has 6 nitrogen and oxygen atoms in total. The van der Waals surface area contributed by atoms with Crippen LogP contribution in [-0.4, -0.2) is 33.0 Å². The van der Waals surface area contributed by atoms with E-state index in [-0.39, 0.29) is 11.5 Å². The number of nitrogens with zero attached hydrogens (tertiary/aromatic N) is 3. The smallest absolute Gasteiger partial charge is 0.141 e. The lowest BCUT2D eigenvalue weighted by atomic mass is 9.86. The van der Waals surface area contributed by atoms with E-state index in [1.165, 1.54) is 0 Å². The van der Waals surface area contributed by atoms with Gasteiger partial charge in [-0.3, -0.25) is 4.98 Å². The van der Waals surface area contributed by atoms with Gasteiger partial charge in [-0.05, 0) is 64.2 Å². The van der Waals surface area contributed by atoms with Crippen LogP contribution in [0.4, 0.5) is 13.2 Å². The lowest BCUT2D eigenvalue weighted by Crippen LogP contribution is -2.28. The first-order valence-corrected chi connectivity index (χ1v) is 13.4. The van der Waals surface area contributed by atoms with Gasteiger partial charge in [-0.15, -0.1) is 0 Å². The minimum Gasteiger partial charge on any atom is -0.386 e. The summed E-state index contributed by atoms with van der Waals surface area (Å²) in [5.41, 5.74) is 3.48. The topological polar surface area (TPSA) is 73.3 Å². The molecule has 0 radical (unpaired) electrons. The molecule has 9 heteroatoms. The van der Waals surface area contributed by atoms with E-state index in [9.17, 15) is 9.50 Å². The first-order valence-electron chi connectivity index (χ1n) is 13.4. The Hall–Kier alpha value is -3.69. The van der Waals surface area contributed by atoms with Crippen LogP contribution in [0.1, 0.15) is 55.3 Å². The van der Waals surface area contributed by atoms with Crippen LogP contribution in [0.3, 0.4) is 0 Å². The van der Waals surface area contributed by atoms with Crippen molar-refractivity contribution in [3.63, 3.8) is 0 Å². The minimum absolute atomic E-state index is 0.205. The molecule has 0 saturated carbocycles. The fraction of sp³-hybridized carbons (Fsp3) is 0.355. The molecule has 1 fully saturated rings. The molecule has 0 aliphatic carbocycles. The molecule has 0 unspecified atom stereocenters. The number of fused-ring (bicyclic) bond motifs is 3. The number of halogens is 3. The monoisotopic (exact) mass is 549 g/mol. The molecular formula is C31H30F3N3O3. The third-order valence-electron chi connectivity index (χ3n) is 8.00. The lowest BCUT2D eigenvalue weighted by molar-refractivity contribution is 0.0543. The molecule has 1 aliphatic heterocycles. The first kappa shape index (κ1) is 26.5. The molecule has 1 N–H and O–H groups in total. The Bertz CT molecular complexity index is 1700. The molecule has 1 atom stereocenters. The molecule has 1 aliphatic rings. The molecule has 3 aromatic heterocycles. The lowest BCUT2D eigenvalue weighted by Gasteiger charge is -2.33. The molecule has 6 rings (SSSR count). The van der Waals surface area contributed by atoms with Crippen molar-refractivity contribution in [3.05, 3.63) is 82.6 Å². The second-order valence-electron chi connectivity index (χ2n) is 11.1. The highest BCUT2D eigenvalue weighted by molar-refractivity contribution is 6.07. The fourth-order valence-electron chi connectivity index (χ4n) is 6.06. The van der Waals surface area contributed by atoms with Crippen LogP contribution in [-0.2, 0) is 10.3 Å². The summed E-state index contributed by atoms with van der Waals surface area (Å²) in [5.74, 6) is -2.45. The molecule has 1 saturated heterocycles. The SMILES string of the molecule is Cc1noc(C)c1-c1cnc2c3ccc(C(C)(C)O)cc3n([C@H](c3c(F)cc(F)cc3F)C3CCOCC3)c2c1. The molecule has 2 aromatic carbocycles. The van der Waals surface area contributed by atoms with Gasteiger partial charge < -0.3 is 18.9 Å². The van der Waals surface area contributed by atoms with Crippen molar-refractivity contribution < 1.29 is 27.5 Å². The number of benzene rings is 2. The summed E-state index contributed by atoms with van der Waals surface area (Å²) >= 11 is 0. The summed E-state index contributed by atoms with van der Waals surface area (Å²) < 4.78 is 58.1. The molecule has 208 valence electrons. The first-order chi connectivity index (χ1) is 19.0. The van der Waals surface area contributed by atoms with Crippen LogP contribution in [0.2, 0.25) is 0 Å². The molecule has 0 bridgehead atoms. The number of rotatable bonds is 5. The van der Waals surface area contributed by atoms with E-state index < -0.39 is 29.1 Å². The van der Waals surface area contributed by atoms with Gasteiger partial charge in [0.2, 0.25) is 0 Å². The van der Waals surface area contributed by atoms with E-state index in [0.717, 1.165) is 28.6 Å². The second kappa shape index (κ2) is 9.74. The Morgan fingerprint density at radius 3 is 2.33 bits per heavy atom. The highest BCUT2D eigenvalue weighted by Gasteiger charge is 2.35. The van der Waals surface area contributed by atoms with Crippen molar-refractivity contribution in [1.29, 1.82) is 0 Å². The highest BCUT2D eigenvalue weighted by atomic mass is 19.1. The predicted octanol–water partition coefficient (Wildman–Crippen LogP) is 7.12. The molecule has 4 heterocycles. The Morgan fingerprint density at radius 2 is 1.70 bits per heavy atom. The Labute approximate surface area is 229 Å². The normalized spacial score (nSPS) is 15.8. The van der Waals surface area contributed by atoms with Gasteiger partial charge in [0.1, 0.15) is 23.2 Å². The highest BCUT2D eigenvalue weighted by Crippen LogP contribution is 2.43. The average Bonchev–Trinajstić information content (AvgIpc) is 3.41. The number of aliphatic hydroxyl groups is 1. The summed E-state index contributed by atoms with van der Waals surface area (Å²) in [6.07, 6.45) is 2.86. The zero-order chi connectivity index (χ0) is 28.3. The summed E-state index contributed by atoms with van der Waals surface area (Å²) in [6.45, 7) is 7.92. The standard InChI is InChI=1S/C31H30F3N3O3/c1-16-27(17(2)40-36-16)19-11-26-29(35-15-19)22-6-5-20(31(3,4)38)12-25(22)37(26)30(18-7-9-39-10-8-18)28-23(33)13-21(32)14-24(28)34/h5-6,11-15,18,30,38H,7-10H2,1-4H3/t30-/m0/s1. The van der Waals surface area contributed by atoms with E-state index in [1.54, 1.807) is 20.0 Å². The molecule has 0 amide bonds. The van der Waals surface area contributed by atoms with Crippen molar-refractivity contribution in [2.24, 2.45) is 5.92 Å². The van der Waals surface area contributed by atoms with Gasteiger partial charge in [0.25, 0.3) is 0 Å². The third kappa shape index (κ3) is 4.37. The molecule has 40 heavy (non-hydrogen) atoms. The van der Waals surface area contributed by atoms with Crippen molar-refractivity contribution in [3.8, 4) is 11.1 Å². The Kier molecular flexibility index (Phi) is 6.46. The fourth-order valence-corrected chi connectivity index (χ4v) is 6.06. The zero-order valence-corrected chi connectivity index (χ0v) is 22.8. The predicted molar refractivity (Wildman–Crippen MR) is 145 cm³/mol. The van der Waals surface area contributed by atoms with E-state index in [2.05, 4.69) is 5.16 Å². The van der Waals surface area contributed by atoms with Gasteiger partial charge >= 0.3 is 0 Å². The number of pyridine rings is 1. The van der Waals surface area contributed by atoms with Crippen LogP contribution in [0.25, 0.3) is 33.1 Å². The van der Waals surface area contributed by atoms with Gasteiger partial charge in [0.05, 0.1) is 33.9 Å².